The van der Waals surface area contributed by atoms with Gasteiger partial charge < -0.3 is 14.6 Å². The van der Waals surface area contributed by atoms with E-state index in [4.69, 9.17) is 5.11 Å². The number of halogens is 1. The molecule has 1 aromatic heterocycles. The van der Waals surface area contributed by atoms with E-state index in [-0.39, 0.29) is 18.0 Å². The molecule has 0 bridgehead atoms. The van der Waals surface area contributed by atoms with Gasteiger partial charge >= 0.3 is 0 Å². The number of benzene rings is 2. The molecule has 1 N–H and O–H groups in total. The topological polar surface area (TPSA) is 69.3 Å². The SMILES string of the molecule is Cc1cc(C(=O)/C(C#N)=C/c2ccc(N(C)CCO)cc2)c(C)n1-c1ccccc1F. The van der Waals surface area contributed by atoms with Crippen LogP contribution in [0.15, 0.2) is 60.2 Å². The second-order valence-corrected chi connectivity index (χ2v) is 7.31. The molecule has 3 rings (SSSR count). The zero-order valence-electron chi connectivity index (χ0n) is 17.8. The van der Waals surface area contributed by atoms with Crippen LogP contribution in [0.2, 0.25) is 0 Å². The number of likely N-dealkylation sites (N-methyl/N-ethyl adjacent to an activating group) is 1. The Hall–Kier alpha value is -3.69. The summed E-state index contributed by atoms with van der Waals surface area (Å²) in [5.74, 6) is -0.787. The number of carbonyl (C=O) groups excluding carboxylic acids is 1. The molecule has 0 aliphatic carbocycles. The lowest BCUT2D eigenvalue weighted by atomic mass is 10.0. The number of para-hydroxylation sites is 1. The van der Waals surface area contributed by atoms with Crippen molar-refractivity contribution in [3.8, 4) is 11.8 Å². The normalized spacial score (nSPS) is 11.3. The first kappa shape index (κ1) is 22.0. The number of carbonyl (C=O) groups is 1. The molecule has 31 heavy (non-hydrogen) atoms. The second kappa shape index (κ2) is 9.41. The molecular formula is C25H24FN3O2. The summed E-state index contributed by atoms with van der Waals surface area (Å²) in [5.41, 5.74) is 3.66. The third kappa shape index (κ3) is 4.57. The van der Waals surface area contributed by atoms with E-state index in [2.05, 4.69) is 0 Å². The number of rotatable bonds is 7. The third-order valence-electron chi connectivity index (χ3n) is 5.21. The summed E-state index contributed by atoms with van der Waals surface area (Å²) in [4.78, 5) is 15.0. The summed E-state index contributed by atoms with van der Waals surface area (Å²) in [5, 5.41) is 18.7. The van der Waals surface area contributed by atoms with E-state index in [1.54, 1.807) is 48.8 Å². The predicted octanol–water partition coefficient (Wildman–Crippen LogP) is 4.45. The average molecular weight is 417 g/mol. The number of hydrogen-bond acceptors (Lipinski definition) is 4. The molecule has 0 aliphatic rings. The van der Waals surface area contributed by atoms with Crippen molar-refractivity contribution in [2.24, 2.45) is 0 Å². The van der Waals surface area contributed by atoms with Crippen LogP contribution in [-0.4, -0.2) is 35.7 Å². The van der Waals surface area contributed by atoms with Gasteiger partial charge in [-0.05, 0) is 55.8 Å². The Labute approximate surface area is 181 Å². The van der Waals surface area contributed by atoms with E-state index >= 15 is 0 Å². The summed E-state index contributed by atoms with van der Waals surface area (Å²) in [7, 11) is 1.87. The lowest BCUT2D eigenvalue weighted by Crippen LogP contribution is -2.20. The number of Topliss-reactive ketones (excluding diaryl/α,β-unsaturated/α-hetero) is 1. The molecule has 0 atom stereocenters. The van der Waals surface area contributed by atoms with Gasteiger partial charge in [-0.25, -0.2) is 4.39 Å². The number of aromatic nitrogens is 1. The van der Waals surface area contributed by atoms with Gasteiger partial charge in [-0.1, -0.05) is 24.3 Å². The van der Waals surface area contributed by atoms with Gasteiger partial charge in [0.25, 0.3) is 0 Å². The van der Waals surface area contributed by atoms with Gasteiger partial charge in [0, 0.05) is 36.2 Å². The minimum Gasteiger partial charge on any atom is -0.395 e. The average Bonchev–Trinajstić information content (AvgIpc) is 3.06. The van der Waals surface area contributed by atoms with Crippen molar-refractivity contribution in [1.29, 1.82) is 5.26 Å². The van der Waals surface area contributed by atoms with Gasteiger partial charge in [0.1, 0.15) is 17.5 Å². The van der Waals surface area contributed by atoms with Crippen molar-refractivity contribution in [3.05, 3.63) is 88.5 Å². The number of aliphatic hydroxyl groups is 1. The first-order valence-electron chi connectivity index (χ1n) is 9.89. The van der Waals surface area contributed by atoms with Gasteiger partial charge in [-0.15, -0.1) is 0 Å². The van der Waals surface area contributed by atoms with Crippen molar-refractivity contribution in [2.45, 2.75) is 13.8 Å². The molecule has 0 fully saturated rings. The molecule has 2 aromatic carbocycles. The monoisotopic (exact) mass is 417 g/mol. The van der Waals surface area contributed by atoms with E-state index in [0.29, 0.717) is 34.7 Å². The fourth-order valence-corrected chi connectivity index (χ4v) is 3.56. The quantitative estimate of drug-likeness (QED) is 0.350. The molecule has 5 nitrogen and oxygen atoms in total. The van der Waals surface area contributed by atoms with Crippen LogP contribution >= 0.6 is 0 Å². The zero-order chi connectivity index (χ0) is 22.5. The second-order valence-electron chi connectivity index (χ2n) is 7.31. The Morgan fingerprint density at radius 2 is 1.87 bits per heavy atom. The number of nitriles is 1. The highest BCUT2D eigenvalue weighted by Crippen LogP contribution is 2.25. The predicted molar refractivity (Wildman–Crippen MR) is 120 cm³/mol. The van der Waals surface area contributed by atoms with E-state index < -0.39 is 5.78 Å². The summed E-state index contributed by atoms with van der Waals surface area (Å²) < 4.78 is 16.0. The Bertz CT molecular complexity index is 1170. The van der Waals surface area contributed by atoms with Crippen LogP contribution in [0.4, 0.5) is 10.1 Å². The fraction of sp³-hybridized carbons (Fsp3) is 0.200. The van der Waals surface area contributed by atoms with Crippen LogP contribution in [0.25, 0.3) is 11.8 Å². The number of aryl methyl sites for hydroxylation is 1. The van der Waals surface area contributed by atoms with E-state index in [1.165, 1.54) is 6.07 Å². The lowest BCUT2D eigenvalue weighted by Gasteiger charge is -2.17. The van der Waals surface area contributed by atoms with Crippen LogP contribution in [0.3, 0.4) is 0 Å². The first-order valence-corrected chi connectivity index (χ1v) is 9.89. The molecule has 0 radical (unpaired) electrons. The highest BCUT2D eigenvalue weighted by atomic mass is 19.1. The van der Waals surface area contributed by atoms with Crippen molar-refractivity contribution < 1.29 is 14.3 Å². The molecular weight excluding hydrogens is 393 g/mol. The van der Waals surface area contributed by atoms with E-state index in [1.807, 2.05) is 42.3 Å². The highest BCUT2D eigenvalue weighted by molar-refractivity contribution is 6.14. The third-order valence-corrected chi connectivity index (χ3v) is 5.21. The van der Waals surface area contributed by atoms with Crippen LogP contribution in [0, 0.1) is 31.0 Å². The first-order chi connectivity index (χ1) is 14.9. The minimum atomic E-state index is -0.403. The van der Waals surface area contributed by atoms with E-state index in [9.17, 15) is 14.4 Å². The molecule has 0 amide bonds. The Balaban J connectivity index is 1.94. The smallest absolute Gasteiger partial charge is 0.205 e. The van der Waals surface area contributed by atoms with Gasteiger partial charge in [-0.3, -0.25) is 4.79 Å². The molecule has 158 valence electrons. The Morgan fingerprint density at radius 3 is 2.48 bits per heavy atom. The number of ketones is 1. The highest BCUT2D eigenvalue weighted by Gasteiger charge is 2.21. The number of aliphatic hydroxyl groups excluding tert-OH is 1. The molecule has 6 heteroatoms. The summed E-state index contributed by atoms with van der Waals surface area (Å²) in [6, 6.07) is 17.4. The van der Waals surface area contributed by atoms with Gasteiger partial charge in [0.05, 0.1) is 12.3 Å². The van der Waals surface area contributed by atoms with Gasteiger partial charge in [0.2, 0.25) is 5.78 Å². The van der Waals surface area contributed by atoms with Crippen LogP contribution in [-0.2, 0) is 0 Å². The van der Waals surface area contributed by atoms with Crippen molar-refractivity contribution >= 4 is 17.5 Å². The molecule has 1 heterocycles. The molecule has 0 spiro atoms. The van der Waals surface area contributed by atoms with E-state index in [0.717, 1.165) is 5.69 Å². The van der Waals surface area contributed by atoms with Crippen LogP contribution in [0.1, 0.15) is 27.3 Å². The Morgan fingerprint density at radius 1 is 1.19 bits per heavy atom. The summed E-state index contributed by atoms with van der Waals surface area (Å²) >= 11 is 0. The Kier molecular flexibility index (Phi) is 6.68. The molecule has 3 aromatic rings. The maximum absolute atomic E-state index is 14.3. The number of anilines is 1. The lowest BCUT2D eigenvalue weighted by molar-refractivity contribution is 0.103. The zero-order valence-corrected chi connectivity index (χ0v) is 17.8. The minimum absolute atomic E-state index is 0.00486. The van der Waals surface area contributed by atoms with Gasteiger partial charge in [-0.2, -0.15) is 5.26 Å². The van der Waals surface area contributed by atoms with Crippen LogP contribution in [0.5, 0.6) is 0 Å². The van der Waals surface area contributed by atoms with Crippen molar-refractivity contribution in [1.82, 2.24) is 4.57 Å². The summed E-state index contributed by atoms with van der Waals surface area (Å²) in [6.45, 7) is 4.10. The van der Waals surface area contributed by atoms with Crippen molar-refractivity contribution in [3.63, 3.8) is 0 Å². The molecule has 0 unspecified atom stereocenters. The maximum Gasteiger partial charge on any atom is 0.205 e. The summed E-state index contributed by atoms with van der Waals surface area (Å²) in [6.07, 6.45) is 1.55. The molecule has 0 saturated carbocycles. The standard InChI is InChI=1S/C25H24FN3O2/c1-17-14-22(18(2)29(17)24-7-5-4-6-23(24)26)25(31)20(16-27)15-19-8-10-21(11-9-19)28(3)12-13-30/h4-11,14-15,30H,12-13H2,1-3H3/b20-15+. The van der Waals surface area contributed by atoms with Crippen molar-refractivity contribution in [2.75, 3.05) is 25.1 Å². The largest absolute Gasteiger partial charge is 0.395 e. The number of nitrogens with zero attached hydrogens (tertiary/aromatic N) is 3. The fourth-order valence-electron chi connectivity index (χ4n) is 3.56. The molecule has 0 aliphatic heterocycles. The van der Waals surface area contributed by atoms with Gasteiger partial charge in [0.15, 0.2) is 0 Å². The molecule has 0 saturated heterocycles. The number of hydrogen-bond donors (Lipinski definition) is 1. The van der Waals surface area contributed by atoms with Crippen LogP contribution < -0.4 is 4.90 Å². The maximum atomic E-state index is 14.3. The number of allylic oxidation sites excluding steroid dienone is 1.